The minimum Gasteiger partial charge on any atom is -0.0654 e. The highest BCUT2D eigenvalue weighted by Gasteiger charge is 2.30. The zero-order valence-electron chi connectivity index (χ0n) is 15.2. The smallest absolute Gasteiger partial charge is 0.0250 e. The number of hydrogen-bond donors (Lipinski definition) is 0. The Labute approximate surface area is 144 Å². The van der Waals surface area contributed by atoms with Gasteiger partial charge in [0.2, 0.25) is 0 Å². The monoisotopic (exact) mass is 312 g/mol. The lowest BCUT2D eigenvalue weighted by Crippen LogP contribution is -2.26. The van der Waals surface area contributed by atoms with Gasteiger partial charge in [0.05, 0.1) is 0 Å². The third-order valence-corrected chi connectivity index (χ3v) is 6.78. The van der Waals surface area contributed by atoms with Crippen molar-refractivity contribution in [1.29, 1.82) is 0 Å². The molecule has 3 rings (SSSR count). The Morgan fingerprint density at radius 2 is 1.30 bits per heavy atom. The molecule has 1 aromatic rings. The van der Waals surface area contributed by atoms with E-state index < -0.39 is 0 Å². The molecule has 0 atom stereocenters. The van der Waals surface area contributed by atoms with Crippen LogP contribution < -0.4 is 0 Å². The molecule has 0 bridgehead atoms. The minimum atomic E-state index is 0.953. The van der Waals surface area contributed by atoms with Crippen LogP contribution >= 0.6 is 0 Å². The Morgan fingerprint density at radius 3 is 1.87 bits per heavy atom. The molecule has 2 aliphatic rings. The van der Waals surface area contributed by atoms with E-state index in [0.29, 0.717) is 0 Å². The molecule has 128 valence electrons. The van der Waals surface area contributed by atoms with Crippen molar-refractivity contribution in [3.8, 4) is 0 Å². The van der Waals surface area contributed by atoms with Crippen molar-refractivity contribution in [3.63, 3.8) is 0 Å². The van der Waals surface area contributed by atoms with E-state index in [-0.39, 0.29) is 0 Å². The van der Waals surface area contributed by atoms with Crippen LogP contribution in [0.3, 0.4) is 0 Å². The lowest BCUT2D eigenvalue weighted by Gasteiger charge is -2.38. The maximum absolute atomic E-state index is 2.33. The Morgan fingerprint density at radius 1 is 0.739 bits per heavy atom. The molecule has 0 unspecified atom stereocenters. The summed E-state index contributed by atoms with van der Waals surface area (Å²) in [6, 6.07) is 11.1. The first kappa shape index (κ1) is 17.1. The number of unbranched alkanes of at least 4 members (excludes halogenated alkanes) is 1. The number of rotatable bonds is 6. The van der Waals surface area contributed by atoms with E-state index in [1.807, 2.05) is 0 Å². The summed E-state index contributed by atoms with van der Waals surface area (Å²) in [6.07, 6.45) is 17.8. The molecular weight excluding hydrogens is 276 g/mol. The summed E-state index contributed by atoms with van der Waals surface area (Å²) in [5.74, 6) is 4.16. The van der Waals surface area contributed by atoms with Gasteiger partial charge in [0.15, 0.2) is 0 Å². The van der Waals surface area contributed by atoms with Crippen molar-refractivity contribution in [2.75, 3.05) is 0 Å². The van der Waals surface area contributed by atoms with Gasteiger partial charge in [-0.1, -0.05) is 69.4 Å². The van der Waals surface area contributed by atoms with E-state index in [9.17, 15) is 0 Å². The third-order valence-electron chi connectivity index (χ3n) is 6.78. The molecule has 2 saturated carbocycles. The Hall–Kier alpha value is -0.780. The van der Waals surface area contributed by atoms with Crippen LogP contribution in [0.1, 0.15) is 83.1 Å². The van der Waals surface area contributed by atoms with Crippen LogP contribution in [0.4, 0.5) is 0 Å². The molecule has 2 aliphatic carbocycles. The molecule has 0 aliphatic heterocycles. The lowest BCUT2D eigenvalue weighted by atomic mass is 9.68. The predicted molar refractivity (Wildman–Crippen MR) is 101 cm³/mol. The molecule has 0 amide bonds. The third kappa shape index (κ3) is 5.10. The van der Waals surface area contributed by atoms with Crippen LogP contribution in [0, 0.1) is 23.7 Å². The second-order valence-corrected chi connectivity index (χ2v) is 8.39. The van der Waals surface area contributed by atoms with E-state index >= 15 is 0 Å². The SMILES string of the molecule is CCCCC1CCC(C2CCC(Cc3ccccc3)CC2)CC1. The van der Waals surface area contributed by atoms with Crippen LogP contribution in [-0.4, -0.2) is 0 Å². The fourth-order valence-corrected chi connectivity index (χ4v) is 5.25. The summed E-state index contributed by atoms with van der Waals surface area (Å²) in [5.41, 5.74) is 1.55. The number of hydrogen-bond acceptors (Lipinski definition) is 0. The quantitative estimate of drug-likeness (QED) is 0.529. The summed E-state index contributed by atoms with van der Waals surface area (Å²) >= 11 is 0. The van der Waals surface area contributed by atoms with Crippen molar-refractivity contribution < 1.29 is 0 Å². The first-order valence-corrected chi connectivity index (χ1v) is 10.4. The van der Waals surface area contributed by atoms with Gasteiger partial charge in [-0.25, -0.2) is 0 Å². The molecule has 0 aromatic heterocycles. The Bertz CT molecular complexity index is 419. The van der Waals surface area contributed by atoms with E-state index in [4.69, 9.17) is 0 Å². The van der Waals surface area contributed by atoms with E-state index in [1.54, 1.807) is 18.4 Å². The first-order chi connectivity index (χ1) is 11.3. The zero-order valence-corrected chi connectivity index (χ0v) is 15.2. The van der Waals surface area contributed by atoms with Crippen molar-refractivity contribution in [3.05, 3.63) is 35.9 Å². The van der Waals surface area contributed by atoms with Crippen molar-refractivity contribution >= 4 is 0 Å². The maximum Gasteiger partial charge on any atom is -0.0250 e. The molecule has 0 spiro atoms. The summed E-state index contributed by atoms with van der Waals surface area (Å²) < 4.78 is 0. The molecule has 23 heavy (non-hydrogen) atoms. The molecule has 0 radical (unpaired) electrons. The van der Waals surface area contributed by atoms with Gasteiger partial charge in [0.25, 0.3) is 0 Å². The van der Waals surface area contributed by atoms with Gasteiger partial charge < -0.3 is 0 Å². The van der Waals surface area contributed by atoms with Gasteiger partial charge in [-0.15, -0.1) is 0 Å². The van der Waals surface area contributed by atoms with Crippen LogP contribution in [0.5, 0.6) is 0 Å². The van der Waals surface area contributed by atoms with Gasteiger partial charge >= 0.3 is 0 Å². The van der Waals surface area contributed by atoms with Crippen LogP contribution in [-0.2, 0) is 6.42 Å². The van der Waals surface area contributed by atoms with Gasteiger partial charge in [0, 0.05) is 0 Å². The Balaban J connectivity index is 1.38. The molecule has 0 nitrogen and oxygen atoms in total. The summed E-state index contributed by atoms with van der Waals surface area (Å²) in [5, 5.41) is 0. The second-order valence-electron chi connectivity index (χ2n) is 8.39. The maximum atomic E-state index is 2.33. The number of benzene rings is 1. The standard InChI is InChI=1S/C23H36/c1-2-3-7-19-10-14-22(15-11-19)23-16-12-21(13-17-23)18-20-8-5-4-6-9-20/h4-6,8-9,19,21-23H,2-3,7,10-18H2,1H3. The molecule has 2 fully saturated rings. The summed E-state index contributed by atoms with van der Waals surface area (Å²) in [6.45, 7) is 2.33. The molecule has 0 heteroatoms. The highest BCUT2D eigenvalue weighted by atomic mass is 14.4. The molecule has 1 aromatic carbocycles. The largest absolute Gasteiger partial charge is 0.0654 e. The van der Waals surface area contributed by atoms with Crippen molar-refractivity contribution in [1.82, 2.24) is 0 Å². The average Bonchev–Trinajstić information content (AvgIpc) is 2.62. The zero-order chi connectivity index (χ0) is 15.9. The average molecular weight is 313 g/mol. The Kier molecular flexibility index (Phi) is 6.60. The molecule has 0 heterocycles. The highest BCUT2D eigenvalue weighted by molar-refractivity contribution is 5.15. The summed E-state index contributed by atoms with van der Waals surface area (Å²) in [4.78, 5) is 0. The fourth-order valence-electron chi connectivity index (χ4n) is 5.25. The normalized spacial score (nSPS) is 31.9. The topological polar surface area (TPSA) is 0 Å². The second kappa shape index (κ2) is 8.90. The van der Waals surface area contributed by atoms with Crippen LogP contribution in [0.25, 0.3) is 0 Å². The minimum absolute atomic E-state index is 0.953. The van der Waals surface area contributed by atoms with Gasteiger partial charge in [-0.2, -0.15) is 0 Å². The van der Waals surface area contributed by atoms with E-state index in [0.717, 1.165) is 23.7 Å². The van der Waals surface area contributed by atoms with Crippen LogP contribution in [0.15, 0.2) is 30.3 Å². The molecule has 0 saturated heterocycles. The van der Waals surface area contributed by atoms with Gasteiger partial charge in [0.1, 0.15) is 0 Å². The molecule has 0 N–H and O–H groups in total. The van der Waals surface area contributed by atoms with E-state index in [2.05, 4.69) is 37.3 Å². The van der Waals surface area contributed by atoms with E-state index in [1.165, 1.54) is 64.2 Å². The van der Waals surface area contributed by atoms with Crippen molar-refractivity contribution in [2.24, 2.45) is 23.7 Å². The van der Waals surface area contributed by atoms with Crippen molar-refractivity contribution in [2.45, 2.75) is 84.0 Å². The lowest BCUT2D eigenvalue weighted by molar-refractivity contribution is 0.143. The van der Waals surface area contributed by atoms with Gasteiger partial charge in [-0.05, 0) is 74.2 Å². The first-order valence-electron chi connectivity index (χ1n) is 10.4. The van der Waals surface area contributed by atoms with Crippen LogP contribution in [0.2, 0.25) is 0 Å². The van der Waals surface area contributed by atoms with Gasteiger partial charge in [-0.3, -0.25) is 0 Å². The fraction of sp³-hybridized carbons (Fsp3) is 0.739. The highest BCUT2D eigenvalue weighted by Crippen LogP contribution is 2.42. The predicted octanol–water partition coefficient (Wildman–Crippen LogP) is 7.03. The molecular formula is C23H36. The summed E-state index contributed by atoms with van der Waals surface area (Å²) in [7, 11) is 0.